The van der Waals surface area contributed by atoms with Gasteiger partial charge in [0, 0.05) is 36.0 Å². The Labute approximate surface area is 174 Å². The van der Waals surface area contributed by atoms with Crippen molar-refractivity contribution < 1.29 is 4.74 Å². The van der Waals surface area contributed by atoms with E-state index in [1.165, 1.54) is 5.69 Å². The van der Waals surface area contributed by atoms with Crippen molar-refractivity contribution in [2.75, 3.05) is 41.8 Å². The lowest BCUT2D eigenvalue weighted by atomic mass is 10.2. The quantitative estimate of drug-likeness (QED) is 0.518. The zero-order valence-corrected chi connectivity index (χ0v) is 16.5. The zero-order chi connectivity index (χ0) is 20.2. The SMILES string of the molecule is c1ccc2ncc(Nc3ccnc(Nc4ccc(N5CCOCC5)cc4)n3)cc2c1. The number of pyridine rings is 1. The van der Waals surface area contributed by atoms with Gasteiger partial charge in [-0.25, -0.2) is 4.98 Å². The highest BCUT2D eigenvalue weighted by Crippen LogP contribution is 2.22. The molecule has 0 bridgehead atoms. The maximum absolute atomic E-state index is 5.42. The number of ether oxygens (including phenoxy) is 1. The van der Waals surface area contributed by atoms with Crippen LogP contribution in [0.5, 0.6) is 0 Å². The minimum atomic E-state index is 0.535. The average Bonchev–Trinajstić information content (AvgIpc) is 2.80. The number of anilines is 5. The van der Waals surface area contributed by atoms with Crippen molar-refractivity contribution in [1.29, 1.82) is 0 Å². The van der Waals surface area contributed by atoms with E-state index in [0.29, 0.717) is 11.8 Å². The molecule has 0 unspecified atom stereocenters. The number of hydrogen-bond donors (Lipinski definition) is 2. The highest BCUT2D eigenvalue weighted by atomic mass is 16.5. The summed E-state index contributed by atoms with van der Waals surface area (Å²) in [6.45, 7) is 3.40. The molecule has 7 heteroatoms. The van der Waals surface area contributed by atoms with E-state index in [1.807, 2.05) is 48.7 Å². The summed E-state index contributed by atoms with van der Waals surface area (Å²) in [5.74, 6) is 1.24. The lowest BCUT2D eigenvalue weighted by molar-refractivity contribution is 0.122. The van der Waals surface area contributed by atoms with Crippen molar-refractivity contribution in [3.8, 4) is 0 Å². The van der Waals surface area contributed by atoms with Gasteiger partial charge in [0.1, 0.15) is 5.82 Å². The van der Waals surface area contributed by atoms with Gasteiger partial charge in [0.05, 0.1) is 30.6 Å². The van der Waals surface area contributed by atoms with Crippen LogP contribution in [0.25, 0.3) is 10.9 Å². The predicted molar refractivity (Wildman–Crippen MR) is 120 cm³/mol. The van der Waals surface area contributed by atoms with Crippen LogP contribution in [0, 0.1) is 0 Å². The van der Waals surface area contributed by atoms with E-state index >= 15 is 0 Å². The van der Waals surface area contributed by atoms with Gasteiger partial charge in [0.15, 0.2) is 0 Å². The molecular weight excluding hydrogens is 376 g/mol. The fourth-order valence-electron chi connectivity index (χ4n) is 3.48. The van der Waals surface area contributed by atoms with Crippen molar-refractivity contribution in [2.24, 2.45) is 0 Å². The number of fused-ring (bicyclic) bond motifs is 1. The number of nitrogens with one attached hydrogen (secondary N) is 2. The summed E-state index contributed by atoms with van der Waals surface area (Å²) in [7, 11) is 0. The first-order valence-corrected chi connectivity index (χ1v) is 9.98. The van der Waals surface area contributed by atoms with Crippen molar-refractivity contribution in [2.45, 2.75) is 0 Å². The van der Waals surface area contributed by atoms with Crippen LogP contribution in [-0.2, 0) is 4.74 Å². The molecule has 0 spiro atoms. The molecule has 150 valence electrons. The van der Waals surface area contributed by atoms with Crippen molar-refractivity contribution in [1.82, 2.24) is 15.0 Å². The molecular formula is C23H22N6O. The summed E-state index contributed by atoms with van der Waals surface area (Å²) in [5, 5.41) is 7.65. The first kappa shape index (κ1) is 18.3. The van der Waals surface area contributed by atoms with Crippen LogP contribution >= 0.6 is 0 Å². The normalized spacial score (nSPS) is 13.9. The van der Waals surface area contributed by atoms with Crippen molar-refractivity contribution in [3.05, 3.63) is 73.1 Å². The molecule has 0 amide bonds. The Morgan fingerprint density at radius 3 is 2.53 bits per heavy atom. The molecule has 3 heterocycles. The maximum Gasteiger partial charge on any atom is 0.229 e. The van der Waals surface area contributed by atoms with Crippen LogP contribution in [0.3, 0.4) is 0 Å². The zero-order valence-electron chi connectivity index (χ0n) is 16.5. The van der Waals surface area contributed by atoms with Gasteiger partial charge in [0.25, 0.3) is 0 Å². The fraction of sp³-hybridized carbons (Fsp3) is 0.174. The second kappa shape index (κ2) is 8.34. The first-order chi connectivity index (χ1) is 14.8. The number of morpholine rings is 1. The van der Waals surface area contributed by atoms with E-state index in [2.05, 4.69) is 48.7 Å². The molecule has 1 saturated heterocycles. The van der Waals surface area contributed by atoms with Crippen molar-refractivity contribution in [3.63, 3.8) is 0 Å². The average molecular weight is 398 g/mol. The van der Waals surface area contributed by atoms with Gasteiger partial charge in [-0.2, -0.15) is 4.98 Å². The molecule has 30 heavy (non-hydrogen) atoms. The van der Waals surface area contributed by atoms with Gasteiger partial charge >= 0.3 is 0 Å². The largest absolute Gasteiger partial charge is 0.378 e. The molecule has 7 nitrogen and oxygen atoms in total. The fourth-order valence-corrected chi connectivity index (χ4v) is 3.48. The van der Waals surface area contributed by atoms with E-state index in [1.54, 1.807) is 6.20 Å². The van der Waals surface area contributed by atoms with Crippen LogP contribution in [0.4, 0.5) is 28.8 Å². The van der Waals surface area contributed by atoms with Crippen LogP contribution in [-0.4, -0.2) is 41.3 Å². The van der Waals surface area contributed by atoms with Gasteiger partial charge in [0.2, 0.25) is 5.95 Å². The second-order valence-electron chi connectivity index (χ2n) is 7.08. The van der Waals surface area contributed by atoms with Gasteiger partial charge in [-0.3, -0.25) is 4.98 Å². The molecule has 5 rings (SSSR count). The summed E-state index contributed by atoms with van der Waals surface area (Å²) >= 11 is 0. The van der Waals surface area contributed by atoms with Gasteiger partial charge in [-0.05, 0) is 42.5 Å². The van der Waals surface area contributed by atoms with E-state index in [0.717, 1.165) is 48.6 Å². The first-order valence-electron chi connectivity index (χ1n) is 9.98. The molecule has 0 atom stereocenters. The molecule has 4 aromatic rings. The highest BCUT2D eigenvalue weighted by Gasteiger charge is 2.11. The highest BCUT2D eigenvalue weighted by molar-refractivity contribution is 5.82. The van der Waals surface area contributed by atoms with Crippen LogP contribution < -0.4 is 15.5 Å². The predicted octanol–water partition coefficient (Wildman–Crippen LogP) is 4.35. The lowest BCUT2D eigenvalue weighted by Crippen LogP contribution is -2.36. The maximum atomic E-state index is 5.42. The van der Waals surface area contributed by atoms with Crippen LogP contribution in [0.15, 0.2) is 73.1 Å². The third kappa shape index (κ3) is 4.16. The van der Waals surface area contributed by atoms with Gasteiger partial charge in [-0.1, -0.05) is 18.2 Å². The molecule has 2 N–H and O–H groups in total. The third-order valence-corrected chi connectivity index (χ3v) is 5.02. The Kier molecular flexibility index (Phi) is 5.10. The van der Waals surface area contributed by atoms with E-state index in [9.17, 15) is 0 Å². The summed E-state index contributed by atoms with van der Waals surface area (Å²) in [6.07, 6.45) is 3.54. The van der Waals surface area contributed by atoms with Crippen molar-refractivity contribution >= 4 is 39.7 Å². The molecule has 1 aliphatic heterocycles. The summed E-state index contributed by atoms with van der Waals surface area (Å²) in [4.78, 5) is 15.7. The molecule has 1 fully saturated rings. The lowest BCUT2D eigenvalue weighted by Gasteiger charge is -2.28. The molecule has 0 radical (unpaired) electrons. The molecule has 2 aromatic carbocycles. The number of rotatable bonds is 5. The Bertz CT molecular complexity index is 1140. The van der Waals surface area contributed by atoms with Crippen LogP contribution in [0.2, 0.25) is 0 Å². The summed E-state index contributed by atoms with van der Waals surface area (Å²) < 4.78 is 5.42. The summed E-state index contributed by atoms with van der Waals surface area (Å²) in [6, 6.07) is 20.2. The number of nitrogens with zero attached hydrogens (tertiary/aromatic N) is 4. The molecule has 0 aliphatic carbocycles. The molecule has 0 saturated carbocycles. The number of aromatic nitrogens is 3. The van der Waals surface area contributed by atoms with Gasteiger partial charge in [-0.15, -0.1) is 0 Å². The standard InChI is InChI=1S/C23H22N6O/c1-2-4-21-17(3-1)15-19(16-25-21)26-22-9-10-24-23(28-22)27-18-5-7-20(8-6-18)29-11-13-30-14-12-29/h1-10,15-16H,11-14H2,(H2,24,26,27,28). The summed E-state index contributed by atoms with van der Waals surface area (Å²) in [5.41, 5.74) is 3.99. The van der Waals surface area contributed by atoms with E-state index in [-0.39, 0.29) is 0 Å². The Morgan fingerprint density at radius 2 is 1.67 bits per heavy atom. The monoisotopic (exact) mass is 398 g/mol. The smallest absolute Gasteiger partial charge is 0.229 e. The molecule has 1 aliphatic rings. The van der Waals surface area contributed by atoms with Gasteiger partial charge < -0.3 is 20.3 Å². The number of hydrogen-bond acceptors (Lipinski definition) is 7. The Balaban J connectivity index is 1.28. The van der Waals surface area contributed by atoms with E-state index in [4.69, 9.17) is 4.74 Å². The topological polar surface area (TPSA) is 75.2 Å². The van der Waals surface area contributed by atoms with E-state index < -0.39 is 0 Å². The van der Waals surface area contributed by atoms with Crippen LogP contribution in [0.1, 0.15) is 0 Å². The minimum Gasteiger partial charge on any atom is -0.378 e. The third-order valence-electron chi connectivity index (χ3n) is 5.02. The Hall–Kier alpha value is -3.71. The minimum absolute atomic E-state index is 0.535. The number of benzene rings is 2. The molecule has 2 aromatic heterocycles. The second-order valence-corrected chi connectivity index (χ2v) is 7.08. The number of para-hydroxylation sites is 1. The Morgan fingerprint density at radius 1 is 0.833 bits per heavy atom.